The van der Waals surface area contributed by atoms with Gasteiger partial charge in [-0.05, 0) is 70.6 Å². The topological polar surface area (TPSA) is 78.9 Å². The average Bonchev–Trinajstić information content (AvgIpc) is 3.37. The van der Waals surface area contributed by atoms with Gasteiger partial charge in [0, 0.05) is 19.3 Å². The molecule has 1 unspecified atom stereocenters. The highest BCUT2D eigenvalue weighted by molar-refractivity contribution is 5.71. The summed E-state index contributed by atoms with van der Waals surface area (Å²) in [5.41, 5.74) is 0. The van der Waals surface area contributed by atoms with Crippen LogP contribution < -0.4 is 0 Å². The first-order valence-corrected chi connectivity index (χ1v) is 30.4. The second kappa shape index (κ2) is 59.4. The van der Waals surface area contributed by atoms with Crippen LogP contribution in [0.25, 0.3) is 0 Å². The predicted molar refractivity (Wildman–Crippen MR) is 307 cm³/mol. The standard InChI is InChI=1S/C65H114O6/c1-4-7-10-13-16-19-21-23-25-26-27-28-29-30-31-32-33-34-35-36-37-38-40-41-43-46-49-52-55-58-64(67)70-61-62(60-69-63(66)57-54-51-48-45-18-15-12-9-6-3)71-65(68)59-56-53-50-47-44-42-39-24-22-20-17-14-11-8-5-2/h7,10,16,19,23,25,27-28,30-31,33-34,62H,4-6,8-9,11-15,17-18,20-22,24,26,29,32,35-61H2,1-3H3/b10-7-,19-16-,25-23-,28-27-,31-30-,34-33-. The lowest BCUT2D eigenvalue weighted by atomic mass is 10.0. The van der Waals surface area contributed by atoms with Gasteiger partial charge in [0.2, 0.25) is 0 Å². The summed E-state index contributed by atoms with van der Waals surface area (Å²) in [6, 6.07) is 0. The molecule has 0 fully saturated rings. The molecule has 0 saturated carbocycles. The molecule has 6 heteroatoms. The van der Waals surface area contributed by atoms with E-state index in [0.717, 1.165) is 96.3 Å². The summed E-state index contributed by atoms with van der Waals surface area (Å²) >= 11 is 0. The minimum atomic E-state index is -0.772. The summed E-state index contributed by atoms with van der Waals surface area (Å²) in [6.45, 7) is 6.53. The second-order valence-corrected chi connectivity index (χ2v) is 20.2. The van der Waals surface area contributed by atoms with E-state index in [1.165, 1.54) is 167 Å². The molecular weight excluding hydrogens is 877 g/mol. The van der Waals surface area contributed by atoms with E-state index in [2.05, 4.69) is 93.7 Å². The number of hydrogen-bond acceptors (Lipinski definition) is 6. The van der Waals surface area contributed by atoms with Gasteiger partial charge in [-0.2, -0.15) is 0 Å². The number of unbranched alkanes of at least 4 members (excludes halogenated alkanes) is 32. The fourth-order valence-electron chi connectivity index (χ4n) is 8.68. The predicted octanol–water partition coefficient (Wildman–Crippen LogP) is 20.5. The molecule has 0 heterocycles. The van der Waals surface area contributed by atoms with Gasteiger partial charge in [-0.3, -0.25) is 14.4 Å². The molecule has 0 aromatic heterocycles. The lowest BCUT2D eigenvalue weighted by Crippen LogP contribution is -2.30. The van der Waals surface area contributed by atoms with Crippen molar-refractivity contribution in [1.82, 2.24) is 0 Å². The fourth-order valence-corrected chi connectivity index (χ4v) is 8.68. The van der Waals surface area contributed by atoms with Crippen LogP contribution in [0.5, 0.6) is 0 Å². The highest BCUT2D eigenvalue weighted by atomic mass is 16.6. The van der Waals surface area contributed by atoms with Crippen molar-refractivity contribution in [2.45, 2.75) is 309 Å². The van der Waals surface area contributed by atoms with Crippen LogP contribution in [-0.2, 0) is 28.6 Å². The number of rotatable bonds is 55. The van der Waals surface area contributed by atoms with Crippen LogP contribution in [-0.4, -0.2) is 37.2 Å². The third kappa shape index (κ3) is 57.6. The molecule has 0 saturated heterocycles. The highest BCUT2D eigenvalue weighted by Crippen LogP contribution is 2.16. The molecular formula is C65H114O6. The zero-order chi connectivity index (χ0) is 51.4. The van der Waals surface area contributed by atoms with Crippen molar-refractivity contribution in [2.75, 3.05) is 13.2 Å². The van der Waals surface area contributed by atoms with Crippen molar-refractivity contribution in [2.24, 2.45) is 0 Å². The van der Waals surface area contributed by atoms with Crippen molar-refractivity contribution in [3.63, 3.8) is 0 Å². The number of hydrogen-bond donors (Lipinski definition) is 0. The summed E-state index contributed by atoms with van der Waals surface area (Å²) in [7, 11) is 0. The molecule has 0 amide bonds. The number of carbonyl (C=O) groups is 3. The van der Waals surface area contributed by atoms with Gasteiger partial charge in [0.1, 0.15) is 13.2 Å². The number of allylic oxidation sites excluding steroid dienone is 12. The zero-order valence-corrected chi connectivity index (χ0v) is 47.0. The van der Waals surface area contributed by atoms with Gasteiger partial charge in [0.25, 0.3) is 0 Å². The van der Waals surface area contributed by atoms with Crippen LogP contribution in [0.4, 0.5) is 0 Å². The Hall–Kier alpha value is -3.15. The monoisotopic (exact) mass is 991 g/mol. The van der Waals surface area contributed by atoms with Crippen LogP contribution in [0.1, 0.15) is 303 Å². The Kier molecular flexibility index (Phi) is 56.8. The molecule has 0 spiro atoms. The van der Waals surface area contributed by atoms with Crippen molar-refractivity contribution >= 4 is 17.9 Å². The Balaban J connectivity index is 4.17. The molecule has 6 nitrogen and oxygen atoms in total. The van der Waals surface area contributed by atoms with Gasteiger partial charge in [0.15, 0.2) is 6.10 Å². The molecule has 0 N–H and O–H groups in total. The van der Waals surface area contributed by atoms with E-state index in [0.29, 0.717) is 19.3 Å². The van der Waals surface area contributed by atoms with Crippen molar-refractivity contribution < 1.29 is 28.6 Å². The molecule has 0 aliphatic heterocycles. The van der Waals surface area contributed by atoms with Gasteiger partial charge < -0.3 is 14.2 Å². The molecule has 0 aliphatic rings. The lowest BCUT2D eigenvalue weighted by Gasteiger charge is -2.18. The van der Waals surface area contributed by atoms with Gasteiger partial charge >= 0.3 is 17.9 Å². The second-order valence-electron chi connectivity index (χ2n) is 20.2. The zero-order valence-electron chi connectivity index (χ0n) is 47.0. The Bertz CT molecular complexity index is 1320. The Morgan fingerprint density at radius 1 is 0.296 bits per heavy atom. The summed E-state index contributed by atoms with van der Waals surface area (Å²) in [6.07, 6.45) is 76.2. The molecule has 0 rings (SSSR count). The van der Waals surface area contributed by atoms with Gasteiger partial charge in [-0.25, -0.2) is 0 Å². The number of esters is 3. The van der Waals surface area contributed by atoms with E-state index < -0.39 is 6.10 Å². The molecule has 0 radical (unpaired) electrons. The van der Waals surface area contributed by atoms with Crippen LogP contribution in [0.15, 0.2) is 72.9 Å². The first-order valence-electron chi connectivity index (χ1n) is 30.4. The smallest absolute Gasteiger partial charge is 0.306 e. The van der Waals surface area contributed by atoms with E-state index in [9.17, 15) is 14.4 Å². The Morgan fingerprint density at radius 3 is 0.859 bits per heavy atom. The van der Waals surface area contributed by atoms with Crippen LogP contribution in [0, 0.1) is 0 Å². The van der Waals surface area contributed by atoms with E-state index in [1.807, 2.05) is 0 Å². The van der Waals surface area contributed by atoms with Crippen LogP contribution >= 0.6 is 0 Å². The third-order valence-electron chi connectivity index (χ3n) is 13.2. The third-order valence-corrected chi connectivity index (χ3v) is 13.2. The SMILES string of the molecule is CC/C=C\C/C=C\C/C=C\C/C=C\C/C=C\C/C=C\CCCCCCCCCCCCC(=O)OCC(COC(=O)CCCCCCCCCCC)OC(=O)CCCCCCCCCCCCCCCCC. The molecule has 1 atom stereocenters. The lowest BCUT2D eigenvalue weighted by molar-refractivity contribution is -0.167. The number of ether oxygens (including phenoxy) is 3. The summed E-state index contributed by atoms with van der Waals surface area (Å²) in [5.74, 6) is -0.866. The van der Waals surface area contributed by atoms with E-state index >= 15 is 0 Å². The van der Waals surface area contributed by atoms with Crippen molar-refractivity contribution in [3.05, 3.63) is 72.9 Å². The molecule has 410 valence electrons. The van der Waals surface area contributed by atoms with Crippen molar-refractivity contribution in [3.8, 4) is 0 Å². The summed E-state index contributed by atoms with van der Waals surface area (Å²) in [5, 5.41) is 0. The maximum atomic E-state index is 12.8. The minimum absolute atomic E-state index is 0.0718. The van der Waals surface area contributed by atoms with Crippen LogP contribution in [0.2, 0.25) is 0 Å². The summed E-state index contributed by atoms with van der Waals surface area (Å²) in [4.78, 5) is 38.1. The molecule has 0 aromatic rings. The Labute approximate surface area is 440 Å². The fraction of sp³-hybridized carbons (Fsp3) is 0.769. The first-order chi connectivity index (χ1) is 35.0. The molecule has 0 aromatic carbocycles. The average molecular weight is 992 g/mol. The number of carbonyl (C=O) groups excluding carboxylic acids is 3. The molecule has 0 aliphatic carbocycles. The maximum Gasteiger partial charge on any atom is 0.306 e. The minimum Gasteiger partial charge on any atom is -0.462 e. The van der Waals surface area contributed by atoms with E-state index in [1.54, 1.807) is 0 Å². The molecule has 71 heavy (non-hydrogen) atoms. The summed E-state index contributed by atoms with van der Waals surface area (Å²) < 4.78 is 16.8. The Morgan fingerprint density at radius 2 is 0.549 bits per heavy atom. The normalized spacial score (nSPS) is 12.5. The van der Waals surface area contributed by atoms with E-state index in [4.69, 9.17) is 14.2 Å². The van der Waals surface area contributed by atoms with Gasteiger partial charge in [0.05, 0.1) is 0 Å². The van der Waals surface area contributed by atoms with E-state index in [-0.39, 0.29) is 31.1 Å². The largest absolute Gasteiger partial charge is 0.462 e. The van der Waals surface area contributed by atoms with Crippen molar-refractivity contribution in [1.29, 1.82) is 0 Å². The first kappa shape index (κ1) is 67.8. The highest BCUT2D eigenvalue weighted by Gasteiger charge is 2.19. The quantitative estimate of drug-likeness (QED) is 0.0261. The van der Waals surface area contributed by atoms with Gasteiger partial charge in [-0.15, -0.1) is 0 Å². The van der Waals surface area contributed by atoms with Gasteiger partial charge in [-0.1, -0.05) is 286 Å². The maximum absolute atomic E-state index is 12.8. The molecule has 0 bridgehead atoms. The van der Waals surface area contributed by atoms with Crippen LogP contribution in [0.3, 0.4) is 0 Å².